The molecule has 0 aliphatic carbocycles. The Kier molecular flexibility index (Phi) is 6.51. The van der Waals surface area contributed by atoms with Crippen molar-refractivity contribution in [2.24, 2.45) is 4.99 Å². The van der Waals surface area contributed by atoms with Gasteiger partial charge in [-0.3, -0.25) is 9.79 Å². The Morgan fingerprint density at radius 1 is 1.71 bits per heavy atom. The molecule has 0 unspecified atom stereocenters. The van der Waals surface area contributed by atoms with Crippen LogP contribution in [0.15, 0.2) is 16.8 Å². The lowest BCUT2D eigenvalue weighted by molar-refractivity contribution is -0.117. The summed E-state index contributed by atoms with van der Waals surface area (Å²) in [6.07, 6.45) is 2.06. The van der Waals surface area contributed by atoms with Crippen LogP contribution in [-0.4, -0.2) is 35.8 Å². The van der Waals surface area contributed by atoms with Gasteiger partial charge >= 0.3 is 0 Å². The van der Waals surface area contributed by atoms with Crippen molar-refractivity contribution < 1.29 is 4.79 Å². The molecule has 0 saturated carbocycles. The normalized spacial score (nSPS) is 15.1. The first-order valence-electron chi connectivity index (χ1n) is 5.16. The fourth-order valence-electron chi connectivity index (χ4n) is 1.07. The lowest BCUT2D eigenvalue weighted by atomic mass is 10.3. The Bertz CT molecular complexity index is 375. The highest BCUT2D eigenvalue weighted by molar-refractivity contribution is 8.14. The molecule has 0 spiro atoms. The number of halogens is 1. The highest BCUT2D eigenvalue weighted by Crippen LogP contribution is 2.08. The van der Waals surface area contributed by atoms with Crippen LogP contribution >= 0.6 is 23.4 Å². The van der Waals surface area contributed by atoms with Gasteiger partial charge in [-0.1, -0.05) is 11.8 Å². The molecule has 92 valence electrons. The molecule has 2 N–H and O–H groups in total. The minimum atomic E-state index is -0.395. The smallest absolute Gasteiger partial charge is 0.263 e. The number of hydrogen-bond acceptors (Lipinski definition) is 5. The van der Waals surface area contributed by atoms with Gasteiger partial charge in [0.15, 0.2) is 5.17 Å². The molecule has 0 radical (unpaired) electrons. The second-order valence-electron chi connectivity index (χ2n) is 3.15. The molecule has 17 heavy (non-hydrogen) atoms. The monoisotopic (exact) mass is 272 g/mol. The van der Waals surface area contributed by atoms with E-state index >= 15 is 0 Å². The van der Waals surface area contributed by atoms with E-state index in [1.807, 2.05) is 6.07 Å². The lowest BCUT2D eigenvalue weighted by Gasteiger charge is -2.03. The van der Waals surface area contributed by atoms with E-state index in [-0.39, 0.29) is 5.57 Å². The van der Waals surface area contributed by atoms with Crippen LogP contribution in [0.3, 0.4) is 0 Å². The summed E-state index contributed by atoms with van der Waals surface area (Å²) in [5.41, 5.74) is 0.0368. The van der Waals surface area contributed by atoms with E-state index in [2.05, 4.69) is 15.6 Å². The van der Waals surface area contributed by atoms with E-state index < -0.39 is 5.91 Å². The van der Waals surface area contributed by atoms with Crippen molar-refractivity contribution in [3.05, 3.63) is 11.8 Å². The van der Waals surface area contributed by atoms with Gasteiger partial charge in [-0.05, 0) is 6.42 Å². The lowest BCUT2D eigenvalue weighted by Crippen LogP contribution is -2.27. The molecule has 5 nitrogen and oxygen atoms in total. The quantitative estimate of drug-likeness (QED) is 0.336. The van der Waals surface area contributed by atoms with E-state index in [0.717, 1.165) is 17.5 Å². The van der Waals surface area contributed by atoms with E-state index in [9.17, 15) is 4.79 Å². The van der Waals surface area contributed by atoms with E-state index in [4.69, 9.17) is 16.9 Å². The third kappa shape index (κ3) is 5.11. The van der Waals surface area contributed by atoms with Crippen molar-refractivity contribution >= 4 is 34.4 Å². The van der Waals surface area contributed by atoms with E-state index in [0.29, 0.717) is 18.8 Å². The number of nitriles is 1. The summed E-state index contributed by atoms with van der Waals surface area (Å²) < 4.78 is 0. The third-order valence-corrected chi connectivity index (χ3v) is 3.06. The van der Waals surface area contributed by atoms with E-state index in [1.165, 1.54) is 6.20 Å². The van der Waals surface area contributed by atoms with Crippen molar-refractivity contribution in [3.63, 3.8) is 0 Å². The van der Waals surface area contributed by atoms with Gasteiger partial charge in [-0.15, -0.1) is 11.6 Å². The van der Waals surface area contributed by atoms with Gasteiger partial charge in [0.05, 0.1) is 6.54 Å². The van der Waals surface area contributed by atoms with Crippen molar-refractivity contribution in [3.8, 4) is 6.07 Å². The Morgan fingerprint density at radius 3 is 3.12 bits per heavy atom. The predicted molar refractivity (Wildman–Crippen MR) is 69.9 cm³/mol. The van der Waals surface area contributed by atoms with Crippen LogP contribution in [-0.2, 0) is 4.79 Å². The van der Waals surface area contributed by atoms with Crippen LogP contribution in [0.5, 0.6) is 0 Å². The van der Waals surface area contributed by atoms with Gasteiger partial charge in [-0.25, -0.2) is 0 Å². The van der Waals surface area contributed by atoms with Crippen LogP contribution in [0.2, 0.25) is 0 Å². The molecule has 0 bridgehead atoms. The van der Waals surface area contributed by atoms with E-state index in [1.54, 1.807) is 11.8 Å². The largest absolute Gasteiger partial charge is 0.351 e. The molecule has 0 saturated heterocycles. The first kappa shape index (κ1) is 13.9. The number of aliphatic imine (C=N–C) groups is 1. The minimum Gasteiger partial charge on any atom is -0.351 e. The molecule has 1 amide bonds. The zero-order valence-corrected chi connectivity index (χ0v) is 10.8. The molecule has 0 fully saturated rings. The third-order valence-electron chi connectivity index (χ3n) is 1.89. The maximum atomic E-state index is 11.5. The Balaban J connectivity index is 2.43. The summed E-state index contributed by atoms with van der Waals surface area (Å²) in [7, 11) is 0. The fraction of sp³-hybridized carbons (Fsp3) is 0.500. The maximum absolute atomic E-state index is 11.5. The van der Waals surface area contributed by atoms with Crippen LogP contribution in [0.25, 0.3) is 0 Å². The summed E-state index contributed by atoms with van der Waals surface area (Å²) in [6.45, 7) is 1.24. The van der Waals surface area contributed by atoms with Gasteiger partial charge in [0.1, 0.15) is 11.6 Å². The number of rotatable bonds is 5. The number of nitrogens with one attached hydrogen (secondary N) is 2. The standard InChI is InChI=1S/C10H13ClN4OS/c11-2-1-3-13-9(16)8(6-12)7-15-10-14-4-5-17-10/h7H,1-5H2,(H,13,16)(H,14,15)/b8-7-. The number of alkyl halides is 1. The molecular formula is C10H13ClN4OS. The zero-order valence-electron chi connectivity index (χ0n) is 9.20. The van der Waals surface area contributed by atoms with Crippen LogP contribution in [0, 0.1) is 11.3 Å². The van der Waals surface area contributed by atoms with Gasteiger partial charge in [-0.2, -0.15) is 5.26 Å². The number of amides is 1. The topological polar surface area (TPSA) is 77.3 Å². The molecular weight excluding hydrogens is 260 g/mol. The average molecular weight is 273 g/mol. The Morgan fingerprint density at radius 2 is 2.53 bits per heavy atom. The second-order valence-corrected chi connectivity index (χ2v) is 4.61. The molecule has 0 aromatic rings. The summed E-state index contributed by atoms with van der Waals surface area (Å²) in [5.74, 6) is 1.02. The van der Waals surface area contributed by atoms with Crippen molar-refractivity contribution in [1.82, 2.24) is 10.6 Å². The summed E-state index contributed by atoms with van der Waals surface area (Å²) in [4.78, 5) is 15.7. The molecule has 0 aromatic carbocycles. The maximum Gasteiger partial charge on any atom is 0.263 e. The summed E-state index contributed by atoms with van der Waals surface area (Å²) in [6, 6.07) is 1.84. The van der Waals surface area contributed by atoms with Gasteiger partial charge in [0.25, 0.3) is 5.91 Å². The van der Waals surface area contributed by atoms with Crippen LogP contribution in [0.4, 0.5) is 0 Å². The number of thioether (sulfide) groups is 1. The van der Waals surface area contributed by atoms with Crippen molar-refractivity contribution in [2.45, 2.75) is 6.42 Å². The second kappa shape index (κ2) is 7.98. The highest BCUT2D eigenvalue weighted by Gasteiger charge is 2.09. The van der Waals surface area contributed by atoms with Crippen molar-refractivity contribution in [1.29, 1.82) is 5.26 Å². The Labute approximate surface area is 109 Å². The fourth-order valence-corrected chi connectivity index (χ4v) is 1.90. The molecule has 1 aliphatic rings. The van der Waals surface area contributed by atoms with Crippen molar-refractivity contribution in [2.75, 3.05) is 24.7 Å². The van der Waals surface area contributed by atoms with Gasteiger partial charge in [0.2, 0.25) is 0 Å². The molecule has 1 aliphatic heterocycles. The first-order valence-corrected chi connectivity index (χ1v) is 6.68. The summed E-state index contributed by atoms with van der Waals surface area (Å²) in [5, 5.41) is 15.0. The molecule has 0 atom stereocenters. The molecule has 7 heteroatoms. The zero-order chi connectivity index (χ0) is 12.5. The van der Waals surface area contributed by atoms with Crippen LogP contribution in [0.1, 0.15) is 6.42 Å². The molecule has 1 rings (SSSR count). The van der Waals surface area contributed by atoms with Gasteiger partial charge in [0, 0.05) is 24.4 Å². The number of carbonyl (C=O) groups is 1. The van der Waals surface area contributed by atoms with Gasteiger partial charge < -0.3 is 10.6 Å². The predicted octanol–water partition coefficient (Wildman–Crippen LogP) is 0.831. The molecule has 1 heterocycles. The summed E-state index contributed by atoms with van der Waals surface area (Å²) >= 11 is 7.05. The number of amidine groups is 1. The average Bonchev–Trinajstić information content (AvgIpc) is 2.83. The number of nitrogens with zero attached hydrogens (tertiary/aromatic N) is 2. The Hall–Kier alpha value is -1.19. The van der Waals surface area contributed by atoms with Crippen LogP contribution < -0.4 is 10.6 Å². The minimum absolute atomic E-state index is 0.0368. The number of carbonyl (C=O) groups excluding carboxylic acids is 1. The first-order chi connectivity index (χ1) is 8.27. The SMILES string of the molecule is N#C/C(=C/NC1=NCCS1)C(=O)NCCCCl. The number of hydrogen-bond donors (Lipinski definition) is 2. The highest BCUT2D eigenvalue weighted by atomic mass is 35.5. The molecule has 0 aromatic heterocycles.